The van der Waals surface area contributed by atoms with Crippen molar-refractivity contribution in [1.82, 2.24) is 0 Å². The van der Waals surface area contributed by atoms with Crippen molar-refractivity contribution in [2.45, 2.75) is 141 Å². The van der Waals surface area contributed by atoms with Crippen molar-refractivity contribution in [3.8, 4) is 0 Å². The summed E-state index contributed by atoms with van der Waals surface area (Å²) in [5.41, 5.74) is 16.8. The molecule has 39 heavy (non-hydrogen) atoms. The lowest BCUT2D eigenvalue weighted by molar-refractivity contribution is 0.140. The minimum absolute atomic E-state index is 0.101. The van der Waals surface area contributed by atoms with Gasteiger partial charge in [0.2, 0.25) is 0 Å². The Bertz CT molecular complexity index is 867. The molecule has 2 aromatic carbocycles. The van der Waals surface area contributed by atoms with Gasteiger partial charge in [-0.25, -0.2) is 0 Å². The zero-order chi connectivity index (χ0) is 27.3. The summed E-state index contributed by atoms with van der Waals surface area (Å²) in [7, 11) is 0. The van der Waals surface area contributed by atoms with Crippen LogP contribution in [0.4, 0.5) is 11.4 Å². The van der Waals surface area contributed by atoms with Crippen LogP contribution in [0.1, 0.15) is 146 Å². The fourth-order valence-electron chi connectivity index (χ4n) is 8.00. The van der Waals surface area contributed by atoms with Crippen molar-refractivity contribution < 1.29 is 0 Å². The Kier molecular flexibility index (Phi) is 12.1. The normalized spacial score (nSPS) is 21.7. The highest BCUT2D eigenvalue weighted by Crippen LogP contribution is 2.50. The Morgan fingerprint density at radius 2 is 0.949 bits per heavy atom. The van der Waals surface area contributed by atoms with E-state index in [-0.39, 0.29) is 5.41 Å². The molecule has 4 rings (SSSR count). The second-order valence-corrected chi connectivity index (χ2v) is 13.3. The molecule has 0 unspecified atom stereocenters. The molecule has 2 fully saturated rings. The maximum Gasteiger partial charge on any atom is 0.0314 e. The maximum absolute atomic E-state index is 6.05. The third-order valence-corrected chi connectivity index (χ3v) is 10.6. The van der Waals surface area contributed by atoms with Gasteiger partial charge in [0, 0.05) is 16.8 Å². The number of unbranched alkanes of at least 4 members (excludes halogenated alkanes) is 10. The minimum atomic E-state index is 0.101. The molecule has 2 heteroatoms. The van der Waals surface area contributed by atoms with Crippen LogP contribution in [-0.2, 0) is 5.41 Å². The summed E-state index contributed by atoms with van der Waals surface area (Å²) in [6, 6.07) is 17.4. The second-order valence-electron chi connectivity index (χ2n) is 13.3. The number of benzene rings is 2. The monoisotopic (exact) mass is 530 g/mol. The van der Waals surface area contributed by atoms with Gasteiger partial charge in [0.05, 0.1) is 0 Å². The molecule has 2 aliphatic carbocycles. The lowest BCUT2D eigenvalue weighted by Gasteiger charge is -2.44. The first kappa shape index (κ1) is 30.0. The van der Waals surface area contributed by atoms with Gasteiger partial charge < -0.3 is 11.5 Å². The third kappa shape index (κ3) is 8.76. The summed E-state index contributed by atoms with van der Waals surface area (Å²) in [4.78, 5) is 0. The topological polar surface area (TPSA) is 52.0 Å². The number of hydrogen-bond donors (Lipinski definition) is 2. The average Bonchev–Trinajstić information content (AvgIpc) is 2.97. The fraction of sp³-hybridized carbons (Fsp3) is 0.676. The van der Waals surface area contributed by atoms with E-state index in [0.717, 1.165) is 29.1 Å². The fourth-order valence-corrected chi connectivity index (χ4v) is 8.00. The Hall–Kier alpha value is -1.96. The number of hydrogen-bond acceptors (Lipinski definition) is 2. The smallest absolute Gasteiger partial charge is 0.0314 e. The molecule has 0 heterocycles. The van der Waals surface area contributed by atoms with Crippen molar-refractivity contribution in [2.75, 3.05) is 11.5 Å². The first-order valence-electron chi connectivity index (χ1n) is 16.8. The highest BCUT2D eigenvalue weighted by molar-refractivity contribution is 5.49. The summed E-state index contributed by atoms with van der Waals surface area (Å²) < 4.78 is 0. The Morgan fingerprint density at radius 3 is 1.41 bits per heavy atom. The molecule has 0 spiro atoms. The quantitative estimate of drug-likeness (QED) is 0.178. The molecular weight excluding hydrogens is 472 g/mol. The van der Waals surface area contributed by atoms with Gasteiger partial charge in [-0.3, -0.25) is 0 Å². The first-order valence-corrected chi connectivity index (χ1v) is 16.8. The molecule has 0 aromatic heterocycles. The van der Waals surface area contributed by atoms with Gasteiger partial charge in [-0.15, -0.1) is 0 Å². The minimum Gasteiger partial charge on any atom is -0.399 e. The van der Waals surface area contributed by atoms with Crippen molar-refractivity contribution in [3.05, 3.63) is 59.7 Å². The molecule has 2 nitrogen and oxygen atoms in total. The predicted octanol–water partition coefficient (Wildman–Crippen LogP) is 10.8. The van der Waals surface area contributed by atoms with E-state index >= 15 is 0 Å². The molecule has 0 atom stereocenters. The number of anilines is 2. The highest BCUT2D eigenvalue weighted by Gasteiger charge is 2.40. The van der Waals surface area contributed by atoms with Crippen molar-refractivity contribution >= 4 is 11.4 Å². The van der Waals surface area contributed by atoms with E-state index in [2.05, 4.69) is 55.5 Å². The van der Waals surface area contributed by atoms with Crippen LogP contribution in [0.2, 0.25) is 0 Å². The van der Waals surface area contributed by atoms with E-state index in [0.29, 0.717) is 0 Å². The Balaban J connectivity index is 1.16. The van der Waals surface area contributed by atoms with E-state index in [9.17, 15) is 0 Å². The van der Waals surface area contributed by atoms with Gasteiger partial charge in [-0.1, -0.05) is 121 Å². The van der Waals surface area contributed by atoms with E-state index in [1.54, 1.807) is 0 Å². The lowest BCUT2D eigenvalue weighted by atomic mass is 9.60. The van der Waals surface area contributed by atoms with Gasteiger partial charge >= 0.3 is 0 Å². The molecule has 4 N–H and O–H groups in total. The van der Waals surface area contributed by atoms with Crippen LogP contribution in [0.3, 0.4) is 0 Å². The highest BCUT2D eigenvalue weighted by atomic mass is 14.6. The SMILES string of the molecule is CCCCCCCCCCCCC[C@H]1CC[C@H](C2CCC(c3ccc(N)cc3)(c3ccc(N)cc3)CC2)CC1. The number of nitrogen functional groups attached to an aromatic ring is 2. The van der Waals surface area contributed by atoms with Gasteiger partial charge in [0.25, 0.3) is 0 Å². The first-order chi connectivity index (χ1) is 19.1. The van der Waals surface area contributed by atoms with E-state index in [1.165, 1.54) is 140 Å². The zero-order valence-corrected chi connectivity index (χ0v) is 25.1. The summed E-state index contributed by atoms with van der Waals surface area (Å²) in [5.74, 6) is 2.87. The van der Waals surface area contributed by atoms with Crippen LogP contribution in [0, 0.1) is 17.8 Å². The third-order valence-electron chi connectivity index (χ3n) is 10.6. The Labute approximate surface area is 240 Å². The summed E-state index contributed by atoms with van der Waals surface area (Å²) in [6.45, 7) is 2.31. The van der Waals surface area contributed by atoms with Crippen molar-refractivity contribution in [1.29, 1.82) is 0 Å². The van der Waals surface area contributed by atoms with Gasteiger partial charge in [-0.05, 0) is 91.7 Å². The van der Waals surface area contributed by atoms with E-state index in [1.807, 2.05) is 0 Å². The molecule has 216 valence electrons. The summed E-state index contributed by atoms with van der Waals surface area (Å²) in [5, 5.41) is 0. The van der Waals surface area contributed by atoms with Crippen LogP contribution in [0.25, 0.3) is 0 Å². The predicted molar refractivity (Wildman–Crippen MR) is 171 cm³/mol. The number of rotatable bonds is 15. The second kappa shape index (κ2) is 15.7. The molecule has 2 saturated carbocycles. The van der Waals surface area contributed by atoms with Crippen LogP contribution >= 0.6 is 0 Å². The largest absolute Gasteiger partial charge is 0.399 e. The number of nitrogens with two attached hydrogens (primary N) is 2. The summed E-state index contributed by atoms with van der Waals surface area (Å²) >= 11 is 0. The van der Waals surface area contributed by atoms with Crippen LogP contribution in [0.5, 0.6) is 0 Å². The average molecular weight is 531 g/mol. The van der Waals surface area contributed by atoms with Gasteiger partial charge in [0.15, 0.2) is 0 Å². The molecule has 0 saturated heterocycles. The van der Waals surface area contributed by atoms with E-state index in [4.69, 9.17) is 11.5 Å². The van der Waals surface area contributed by atoms with Crippen LogP contribution in [0.15, 0.2) is 48.5 Å². The molecule has 0 aliphatic heterocycles. The molecule has 2 aromatic rings. The lowest BCUT2D eigenvalue weighted by Crippen LogP contribution is -2.36. The molecular formula is C37H58N2. The van der Waals surface area contributed by atoms with Crippen LogP contribution in [-0.4, -0.2) is 0 Å². The standard InChI is InChI=1S/C37H58N2/c1-2-3-4-5-6-7-8-9-10-11-12-13-30-14-16-31(17-15-30)32-26-28-37(29-27-32,33-18-22-35(38)23-19-33)34-20-24-36(39)25-21-34/h18-25,30-32H,2-17,26-29,38-39H2,1H3/t30-,31-. The molecule has 2 aliphatic rings. The molecule has 0 amide bonds. The molecule has 0 bridgehead atoms. The molecule has 0 radical (unpaired) electrons. The van der Waals surface area contributed by atoms with Gasteiger partial charge in [-0.2, -0.15) is 0 Å². The summed E-state index contributed by atoms with van der Waals surface area (Å²) in [6.07, 6.45) is 28.6. The zero-order valence-electron chi connectivity index (χ0n) is 25.1. The Morgan fingerprint density at radius 1 is 0.538 bits per heavy atom. The maximum atomic E-state index is 6.05. The van der Waals surface area contributed by atoms with E-state index < -0.39 is 0 Å². The van der Waals surface area contributed by atoms with Crippen molar-refractivity contribution in [3.63, 3.8) is 0 Å². The van der Waals surface area contributed by atoms with Crippen LogP contribution < -0.4 is 11.5 Å². The van der Waals surface area contributed by atoms with Crippen molar-refractivity contribution in [2.24, 2.45) is 17.8 Å². The van der Waals surface area contributed by atoms with Gasteiger partial charge in [0.1, 0.15) is 0 Å².